The summed E-state index contributed by atoms with van der Waals surface area (Å²) in [6.07, 6.45) is 10.6. The van der Waals surface area contributed by atoms with E-state index >= 15 is 0 Å². The average Bonchev–Trinajstić information content (AvgIpc) is 2.71. The first kappa shape index (κ1) is 9.51. The van der Waals surface area contributed by atoms with Crippen molar-refractivity contribution in [3.8, 4) is 0 Å². The molecule has 2 rings (SSSR count). The molecule has 1 heteroatoms. The molecule has 0 aliphatic heterocycles. The van der Waals surface area contributed by atoms with Crippen molar-refractivity contribution in [2.45, 2.75) is 44.9 Å². The Bertz CT molecular complexity index is 149. The molecule has 0 aromatic rings. The molecule has 2 fully saturated rings. The van der Waals surface area contributed by atoms with Crippen molar-refractivity contribution in [2.75, 3.05) is 13.6 Å². The molecule has 76 valence electrons. The summed E-state index contributed by atoms with van der Waals surface area (Å²) in [6.45, 7) is 1.27. The van der Waals surface area contributed by atoms with Crippen LogP contribution >= 0.6 is 0 Å². The van der Waals surface area contributed by atoms with Crippen LogP contribution in [0.3, 0.4) is 0 Å². The molecule has 2 saturated carbocycles. The third kappa shape index (κ3) is 2.07. The van der Waals surface area contributed by atoms with E-state index in [-0.39, 0.29) is 0 Å². The Morgan fingerprint density at radius 2 is 1.77 bits per heavy atom. The van der Waals surface area contributed by atoms with Crippen molar-refractivity contribution in [3.63, 3.8) is 0 Å². The van der Waals surface area contributed by atoms with Gasteiger partial charge in [0.1, 0.15) is 0 Å². The maximum atomic E-state index is 3.36. The van der Waals surface area contributed by atoms with Gasteiger partial charge in [-0.3, -0.25) is 0 Å². The summed E-state index contributed by atoms with van der Waals surface area (Å²) >= 11 is 0. The van der Waals surface area contributed by atoms with E-state index in [4.69, 9.17) is 0 Å². The molecule has 13 heavy (non-hydrogen) atoms. The van der Waals surface area contributed by atoms with Crippen LogP contribution in [0.5, 0.6) is 0 Å². The van der Waals surface area contributed by atoms with E-state index in [1.54, 1.807) is 0 Å². The summed E-state index contributed by atoms with van der Waals surface area (Å²) in [5.74, 6) is 3.18. The van der Waals surface area contributed by atoms with Crippen molar-refractivity contribution < 1.29 is 0 Å². The zero-order chi connectivity index (χ0) is 9.10. The van der Waals surface area contributed by atoms with E-state index < -0.39 is 0 Å². The predicted octanol–water partition coefficient (Wildman–Crippen LogP) is 2.81. The summed E-state index contributed by atoms with van der Waals surface area (Å²) in [7, 11) is 2.10. The van der Waals surface area contributed by atoms with Crippen molar-refractivity contribution in [1.82, 2.24) is 5.32 Å². The normalized spacial score (nSPS) is 35.8. The highest BCUT2D eigenvalue weighted by Gasteiger charge is 2.34. The lowest BCUT2D eigenvalue weighted by Crippen LogP contribution is -2.25. The topological polar surface area (TPSA) is 12.0 Å². The molecule has 0 saturated heterocycles. The third-order valence-corrected chi connectivity index (χ3v) is 4.19. The van der Waals surface area contributed by atoms with Crippen LogP contribution < -0.4 is 5.32 Å². The summed E-state index contributed by atoms with van der Waals surface area (Å²) in [5, 5.41) is 3.36. The average molecular weight is 181 g/mol. The highest BCUT2D eigenvalue weighted by molar-refractivity contribution is 4.85. The summed E-state index contributed by atoms with van der Waals surface area (Å²) in [4.78, 5) is 0. The standard InChI is InChI=1S/C12H23N/c1-13-9-11-7-4-8-12(11)10-5-2-3-6-10/h10-13H,2-9H2,1H3. The van der Waals surface area contributed by atoms with Crippen molar-refractivity contribution >= 4 is 0 Å². The van der Waals surface area contributed by atoms with Gasteiger partial charge in [-0.25, -0.2) is 0 Å². The quantitative estimate of drug-likeness (QED) is 0.706. The molecular formula is C12H23N. The van der Waals surface area contributed by atoms with Crippen LogP contribution in [0.15, 0.2) is 0 Å². The highest BCUT2D eigenvalue weighted by Crippen LogP contribution is 2.43. The molecule has 1 N–H and O–H groups in total. The van der Waals surface area contributed by atoms with Crippen LogP contribution in [0, 0.1) is 17.8 Å². The SMILES string of the molecule is CNCC1CCCC1C1CCCC1. The van der Waals surface area contributed by atoms with Gasteiger partial charge >= 0.3 is 0 Å². The van der Waals surface area contributed by atoms with Crippen molar-refractivity contribution in [2.24, 2.45) is 17.8 Å². The van der Waals surface area contributed by atoms with E-state index in [9.17, 15) is 0 Å². The molecule has 0 aromatic heterocycles. The second-order valence-electron chi connectivity index (χ2n) is 4.96. The first-order valence-corrected chi connectivity index (χ1v) is 6.06. The Morgan fingerprint density at radius 3 is 2.46 bits per heavy atom. The van der Waals surface area contributed by atoms with Crippen LogP contribution in [0.2, 0.25) is 0 Å². The van der Waals surface area contributed by atoms with Gasteiger partial charge in [-0.2, -0.15) is 0 Å². The zero-order valence-corrected chi connectivity index (χ0v) is 8.89. The van der Waals surface area contributed by atoms with Crippen molar-refractivity contribution in [1.29, 1.82) is 0 Å². The van der Waals surface area contributed by atoms with Crippen LogP contribution in [0.25, 0.3) is 0 Å². The predicted molar refractivity (Wildman–Crippen MR) is 56.7 cm³/mol. The monoisotopic (exact) mass is 181 g/mol. The number of nitrogens with one attached hydrogen (secondary N) is 1. The Labute approximate surface area is 82.3 Å². The Balaban J connectivity index is 1.88. The molecule has 0 radical (unpaired) electrons. The molecule has 0 amide bonds. The van der Waals surface area contributed by atoms with Gasteiger partial charge in [-0.15, -0.1) is 0 Å². The fourth-order valence-corrected chi connectivity index (χ4v) is 3.59. The highest BCUT2D eigenvalue weighted by atomic mass is 14.8. The Morgan fingerprint density at radius 1 is 1.00 bits per heavy atom. The third-order valence-electron chi connectivity index (χ3n) is 4.19. The van der Waals surface area contributed by atoms with Crippen LogP contribution in [0.1, 0.15) is 44.9 Å². The first-order valence-electron chi connectivity index (χ1n) is 6.06. The molecule has 0 bridgehead atoms. The lowest BCUT2D eigenvalue weighted by Gasteiger charge is -2.25. The molecule has 2 aliphatic rings. The van der Waals surface area contributed by atoms with E-state index in [0.29, 0.717) is 0 Å². The van der Waals surface area contributed by atoms with E-state index in [1.165, 1.54) is 51.5 Å². The molecule has 2 aliphatic carbocycles. The minimum atomic E-state index is 1.01. The van der Waals surface area contributed by atoms with E-state index in [0.717, 1.165) is 17.8 Å². The summed E-state index contributed by atoms with van der Waals surface area (Å²) < 4.78 is 0. The molecule has 0 heterocycles. The summed E-state index contributed by atoms with van der Waals surface area (Å²) in [6, 6.07) is 0. The molecule has 1 nitrogen and oxygen atoms in total. The van der Waals surface area contributed by atoms with Crippen molar-refractivity contribution in [3.05, 3.63) is 0 Å². The van der Waals surface area contributed by atoms with Crippen LogP contribution in [0.4, 0.5) is 0 Å². The minimum Gasteiger partial charge on any atom is -0.319 e. The molecule has 2 atom stereocenters. The molecular weight excluding hydrogens is 158 g/mol. The molecule has 0 spiro atoms. The van der Waals surface area contributed by atoms with Gasteiger partial charge in [0.25, 0.3) is 0 Å². The number of hydrogen-bond acceptors (Lipinski definition) is 1. The molecule has 0 aromatic carbocycles. The fourth-order valence-electron chi connectivity index (χ4n) is 3.59. The van der Waals surface area contributed by atoms with Gasteiger partial charge in [-0.05, 0) is 44.2 Å². The van der Waals surface area contributed by atoms with E-state index in [1.807, 2.05) is 0 Å². The smallest absolute Gasteiger partial charge is 0.00208 e. The molecule has 2 unspecified atom stereocenters. The maximum Gasteiger partial charge on any atom is -0.00208 e. The van der Waals surface area contributed by atoms with Crippen LogP contribution in [-0.2, 0) is 0 Å². The lowest BCUT2D eigenvalue weighted by molar-refractivity contribution is 0.261. The van der Waals surface area contributed by atoms with Gasteiger partial charge in [0, 0.05) is 0 Å². The summed E-state index contributed by atoms with van der Waals surface area (Å²) in [5.41, 5.74) is 0. The first-order chi connectivity index (χ1) is 6.42. The van der Waals surface area contributed by atoms with Gasteiger partial charge in [-0.1, -0.05) is 32.1 Å². The second-order valence-corrected chi connectivity index (χ2v) is 4.96. The fraction of sp³-hybridized carbons (Fsp3) is 1.00. The van der Waals surface area contributed by atoms with Gasteiger partial charge in [0.2, 0.25) is 0 Å². The van der Waals surface area contributed by atoms with Gasteiger partial charge in [0.15, 0.2) is 0 Å². The lowest BCUT2D eigenvalue weighted by atomic mass is 9.83. The second kappa shape index (κ2) is 4.45. The Hall–Kier alpha value is -0.0400. The number of hydrogen-bond donors (Lipinski definition) is 1. The van der Waals surface area contributed by atoms with Crippen LogP contribution in [-0.4, -0.2) is 13.6 Å². The Kier molecular flexibility index (Phi) is 3.26. The van der Waals surface area contributed by atoms with Gasteiger partial charge < -0.3 is 5.32 Å². The maximum absolute atomic E-state index is 3.36. The number of rotatable bonds is 3. The van der Waals surface area contributed by atoms with Gasteiger partial charge in [0.05, 0.1) is 0 Å². The minimum absolute atomic E-state index is 1.01. The zero-order valence-electron chi connectivity index (χ0n) is 8.89. The van der Waals surface area contributed by atoms with E-state index in [2.05, 4.69) is 12.4 Å². The largest absolute Gasteiger partial charge is 0.319 e.